The van der Waals surface area contributed by atoms with Crippen LogP contribution in [-0.4, -0.2) is 50.8 Å². The van der Waals surface area contributed by atoms with Crippen LogP contribution in [0.15, 0.2) is 0 Å². The third kappa shape index (κ3) is 4.06. The van der Waals surface area contributed by atoms with Crippen LogP contribution >= 0.6 is 0 Å². The van der Waals surface area contributed by atoms with Gasteiger partial charge in [-0.2, -0.15) is 0 Å². The van der Waals surface area contributed by atoms with E-state index in [4.69, 9.17) is 10.5 Å². The largest absolute Gasteiger partial charge is 0.383 e. The molecule has 0 heterocycles. The van der Waals surface area contributed by atoms with E-state index in [1.54, 1.807) is 20.8 Å². The Morgan fingerprint density at radius 3 is 2.20 bits per heavy atom. The zero-order chi connectivity index (χ0) is 12.3. The number of hydrogen-bond acceptors (Lipinski definition) is 4. The summed E-state index contributed by atoms with van der Waals surface area (Å²) in [6.07, 6.45) is 0. The average Bonchev–Trinajstić information content (AvgIpc) is 2.02. The van der Waals surface area contributed by atoms with Crippen molar-refractivity contribution in [2.75, 3.05) is 27.3 Å². The van der Waals surface area contributed by atoms with Crippen LogP contribution in [0.2, 0.25) is 0 Å². The van der Waals surface area contributed by atoms with Crippen molar-refractivity contribution in [1.82, 2.24) is 4.31 Å². The molecule has 0 radical (unpaired) electrons. The molecule has 92 valence electrons. The summed E-state index contributed by atoms with van der Waals surface area (Å²) < 4.78 is 29.2. The maximum Gasteiger partial charge on any atom is 0.218 e. The minimum Gasteiger partial charge on any atom is -0.383 e. The summed E-state index contributed by atoms with van der Waals surface area (Å²) in [6, 6.07) is -0.294. The highest BCUT2D eigenvalue weighted by Crippen LogP contribution is 2.18. The van der Waals surface area contributed by atoms with Crippen LogP contribution < -0.4 is 5.73 Å². The van der Waals surface area contributed by atoms with Gasteiger partial charge in [0.15, 0.2) is 0 Å². The molecule has 0 aromatic rings. The van der Waals surface area contributed by atoms with E-state index in [1.165, 1.54) is 18.5 Å². The Morgan fingerprint density at radius 1 is 1.40 bits per heavy atom. The Balaban J connectivity index is 4.53. The second-order valence-corrected chi connectivity index (χ2v) is 7.41. The van der Waals surface area contributed by atoms with E-state index in [2.05, 4.69) is 0 Å². The summed E-state index contributed by atoms with van der Waals surface area (Å²) in [6.45, 7) is 5.62. The zero-order valence-corrected chi connectivity index (χ0v) is 11.0. The van der Waals surface area contributed by atoms with Crippen LogP contribution in [0.5, 0.6) is 0 Å². The lowest BCUT2D eigenvalue weighted by Gasteiger charge is -2.28. The van der Waals surface area contributed by atoms with Gasteiger partial charge in [-0.3, -0.25) is 0 Å². The van der Waals surface area contributed by atoms with Crippen LogP contribution in [0, 0.1) is 0 Å². The van der Waals surface area contributed by atoms with Crippen LogP contribution in [0.25, 0.3) is 0 Å². The molecule has 0 aromatic heterocycles. The molecular weight excluding hydrogens is 216 g/mol. The predicted octanol–water partition coefficient (Wildman–Crippen LogP) is 0.0202. The predicted molar refractivity (Wildman–Crippen MR) is 61.2 cm³/mol. The SMILES string of the molecule is COCC(N)CN(C)S(=O)(=O)C(C)(C)C. The Morgan fingerprint density at radius 2 is 1.87 bits per heavy atom. The quantitative estimate of drug-likeness (QED) is 0.733. The topological polar surface area (TPSA) is 72.6 Å². The van der Waals surface area contributed by atoms with Crippen molar-refractivity contribution >= 4 is 10.0 Å². The molecule has 0 aliphatic rings. The van der Waals surface area contributed by atoms with Gasteiger partial charge < -0.3 is 10.5 Å². The number of nitrogens with zero attached hydrogens (tertiary/aromatic N) is 1. The summed E-state index contributed by atoms with van der Waals surface area (Å²) >= 11 is 0. The highest BCUT2D eigenvalue weighted by molar-refractivity contribution is 7.90. The first-order valence-electron chi connectivity index (χ1n) is 4.83. The molecule has 15 heavy (non-hydrogen) atoms. The number of hydrogen-bond donors (Lipinski definition) is 1. The number of ether oxygens (including phenoxy) is 1. The molecule has 1 atom stereocenters. The number of methoxy groups -OCH3 is 1. The molecule has 0 bridgehead atoms. The Bertz CT molecular complexity index is 282. The maximum absolute atomic E-state index is 11.9. The molecule has 5 nitrogen and oxygen atoms in total. The third-order valence-electron chi connectivity index (χ3n) is 2.06. The summed E-state index contributed by atoms with van der Waals surface area (Å²) in [5, 5.41) is 0. The Kier molecular flexibility index (Phi) is 5.19. The van der Waals surface area contributed by atoms with E-state index < -0.39 is 14.8 Å². The Hall–Kier alpha value is -0.170. The summed E-state index contributed by atoms with van der Waals surface area (Å²) in [4.78, 5) is 0. The van der Waals surface area contributed by atoms with Crippen molar-refractivity contribution < 1.29 is 13.2 Å². The zero-order valence-electron chi connectivity index (χ0n) is 10.1. The lowest BCUT2D eigenvalue weighted by molar-refractivity contribution is 0.172. The molecule has 1 unspecified atom stereocenters. The van der Waals surface area contributed by atoms with Crippen molar-refractivity contribution in [1.29, 1.82) is 0 Å². The fourth-order valence-corrected chi connectivity index (χ4v) is 2.49. The molecule has 0 aromatic carbocycles. The van der Waals surface area contributed by atoms with Gasteiger partial charge in [0, 0.05) is 26.7 Å². The number of rotatable bonds is 5. The first kappa shape index (κ1) is 14.8. The van der Waals surface area contributed by atoms with Gasteiger partial charge in [-0.15, -0.1) is 0 Å². The molecule has 0 saturated carbocycles. The third-order valence-corrected chi connectivity index (χ3v) is 4.57. The van der Waals surface area contributed by atoms with Gasteiger partial charge >= 0.3 is 0 Å². The van der Waals surface area contributed by atoms with Crippen LogP contribution in [0.4, 0.5) is 0 Å². The molecule has 6 heteroatoms. The molecular formula is C9H22N2O3S. The van der Waals surface area contributed by atoms with Gasteiger partial charge in [0.1, 0.15) is 0 Å². The minimum atomic E-state index is -3.29. The van der Waals surface area contributed by atoms with E-state index >= 15 is 0 Å². The van der Waals surface area contributed by atoms with Crippen LogP contribution in [-0.2, 0) is 14.8 Å². The standard InChI is InChI=1S/C9H22N2O3S/c1-9(2,3)15(12,13)11(4)6-8(10)7-14-5/h8H,6-7,10H2,1-5H3. The summed E-state index contributed by atoms with van der Waals surface area (Å²) in [5.41, 5.74) is 5.69. The smallest absolute Gasteiger partial charge is 0.218 e. The van der Waals surface area contributed by atoms with E-state index in [1.807, 2.05) is 0 Å². The van der Waals surface area contributed by atoms with E-state index in [0.29, 0.717) is 6.61 Å². The van der Waals surface area contributed by atoms with Crippen molar-refractivity contribution in [2.45, 2.75) is 31.6 Å². The van der Waals surface area contributed by atoms with Crippen molar-refractivity contribution in [3.05, 3.63) is 0 Å². The van der Waals surface area contributed by atoms with Gasteiger partial charge in [0.05, 0.1) is 11.4 Å². The number of sulfonamides is 1. The van der Waals surface area contributed by atoms with Gasteiger partial charge in [0.25, 0.3) is 0 Å². The van der Waals surface area contributed by atoms with Gasteiger partial charge in [0.2, 0.25) is 10.0 Å². The van der Waals surface area contributed by atoms with E-state index in [0.717, 1.165) is 0 Å². The van der Waals surface area contributed by atoms with Crippen LogP contribution in [0.1, 0.15) is 20.8 Å². The van der Waals surface area contributed by atoms with Crippen molar-refractivity contribution in [3.63, 3.8) is 0 Å². The highest BCUT2D eigenvalue weighted by atomic mass is 32.2. The lowest BCUT2D eigenvalue weighted by Crippen LogP contribution is -2.46. The number of likely N-dealkylation sites (N-methyl/N-ethyl adjacent to an activating group) is 1. The fourth-order valence-electron chi connectivity index (χ4n) is 1.16. The van der Waals surface area contributed by atoms with Gasteiger partial charge in [-0.25, -0.2) is 12.7 Å². The van der Waals surface area contributed by atoms with Gasteiger partial charge in [-0.1, -0.05) is 0 Å². The minimum absolute atomic E-state index is 0.271. The normalized spacial score (nSPS) is 15.7. The second kappa shape index (κ2) is 5.25. The van der Waals surface area contributed by atoms with Crippen LogP contribution in [0.3, 0.4) is 0 Å². The second-order valence-electron chi connectivity index (χ2n) is 4.61. The summed E-state index contributed by atoms with van der Waals surface area (Å²) in [7, 11) is -0.214. The maximum atomic E-state index is 11.9. The molecule has 0 aliphatic carbocycles. The van der Waals surface area contributed by atoms with Crippen molar-refractivity contribution in [2.24, 2.45) is 5.73 Å². The number of nitrogens with two attached hydrogens (primary N) is 1. The average molecular weight is 238 g/mol. The monoisotopic (exact) mass is 238 g/mol. The first-order valence-corrected chi connectivity index (χ1v) is 6.27. The first-order chi connectivity index (χ1) is 6.63. The fraction of sp³-hybridized carbons (Fsp3) is 1.00. The molecule has 0 fully saturated rings. The van der Waals surface area contributed by atoms with E-state index in [9.17, 15) is 8.42 Å². The molecule has 2 N–H and O–H groups in total. The molecule has 0 saturated heterocycles. The highest BCUT2D eigenvalue weighted by Gasteiger charge is 2.33. The lowest BCUT2D eigenvalue weighted by atomic mass is 10.3. The van der Waals surface area contributed by atoms with Gasteiger partial charge in [-0.05, 0) is 20.8 Å². The van der Waals surface area contributed by atoms with Crippen molar-refractivity contribution in [3.8, 4) is 0 Å². The van der Waals surface area contributed by atoms with E-state index in [-0.39, 0.29) is 12.6 Å². The summed E-state index contributed by atoms with van der Waals surface area (Å²) in [5.74, 6) is 0. The molecule has 0 amide bonds. The molecule has 0 aliphatic heterocycles. The molecule has 0 rings (SSSR count). The Labute approximate surface area is 92.6 Å². The molecule has 0 spiro atoms.